The number of aromatic nitrogens is 2. The molecule has 0 bridgehead atoms. The van der Waals surface area contributed by atoms with Gasteiger partial charge in [-0.2, -0.15) is 0 Å². The molecule has 0 amide bonds. The molecule has 0 unspecified atom stereocenters. The van der Waals surface area contributed by atoms with Gasteiger partial charge in [-0.3, -0.25) is 0 Å². The fourth-order valence-electron chi connectivity index (χ4n) is 2.65. The topological polar surface area (TPSA) is 76.1 Å². The zero-order chi connectivity index (χ0) is 15.3. The zero-order valence-electron chi connectivity index (χ0n) is 13.0. The number of carbonyl (C=O) groups is 1. The van der Waals surface area contributed by atoms with Gasteiger partial charge in [0.15, 0.2) is 0 Å². The van der Waals surface area contributed by atoms with Gasteiger partial charge in [0.25, 0.3) is 0 Å². The van der Waals surface area contributed by atoms with E-state index in [0.29, 0.717) is 24.0 Å². The molecule has 1 aromatic heterocycles. The molecular formula is C15H24N4O2. The van der Waals surface area contributed by atoms with Crippen LogP contribution in [0.5, 0.6) is 0 Å². The molecule has 116 valence electrons. The maximum atomic E-state index is 11.6. The van der Waals surface area contributed by atoms with Crippen molar-refractivity contribution in [2.75, 3.05) is 25.0 Å². The Kier molecular flexibility index (Phi) is 5.12. The summed E-state index contributed by atoms with van der Waals surface area (Å²) < 4.78 is 4.93. The van der Waals surface area contributed by atoms with Gasteiger partial charge < -0.3 is 15.4 Å². The highest BCUT2D eigenvalue weighted by atomic mass is 16.5. The van der Waals surface area contributed by atoms with Crippen molar-refractivity contribution in [2.24, 2.45) is 5.92 Å². The van der Waals surface area contributed by atoms with E-state index in [1.54, 1.807) is 6.92 Å². The summed E-state index contributed by atoms with van der Waals surface area (Å²) in [5.41, 5.74) is 0.391. The first kappa shape index (κ1) is 15.7. The largest absolute Gasteiger partial charge is 0.462 e. The minimum atomic E-state index is -0.385. The van der Waals surface area contributed by atoms with Gasteiger partial charge in [-0.15, -0.1) is 0 Å². The molecule has 2 N–H and O–H groups in total. The second-order valence-electron chi connectivity index (χ2n) is 5.70. The Balaban J connectivity index is 2.09. The van der Waals surface area contributed by atoms with Crippen molar-refractivity contribution in [1.29, 1.82) is 0 Å². The molecule has 1 aliphatic rings. The lowest BCUT2D eigenvalue weighted by Gasteiger charge is -2.42. The molecular weight excluding hydrogens is 268 g/mol. The molecule has 2 rings (SSSR count). The average Bonchev–Trinajstić information content (AvgIpc) is 2.49. The quantitative estimate of drug-likeness (QED) is 0.807. The van der Waals surface area contributed by atoms with Crippen LogP contribution < -0.4 is 10.6 Å². The van der Waals surface area contributed by atoms with Crippen LogP contribution in [-0.2, 0) is 4.74 Å². The Morgan fingerprint density at radius 1 is 1.38 bits per heavy atom. The molecule has 21 heavy (non-hydrogen) atoms. The molecule has 1 aromatic rings. The lowest BCUT2D eigenvalue weighted by molar-refractivity contribution is 0.0525. The van der Waals surface area contributed by atoms with Crippen LogP contribution >= 0.6 is 0 Å². The van der Waals surface area contributed by atoms with Gasteiger partial charge in [0.05, 0.1) is 12.2 Å². The molecule has 1 aliphatic heterocycles. The van der Waals surface area contributed by atoms with E-state index in [1.807, 2.05) is 0 Å². The van der Waals surface area contributed by atoms with E-state index in [9.17, 15) is 4.79 Å². The predicted octanol–water partition coefficient (Wildman–Crippen LogP) is 1.84. The van der Waals surface area contributed by atoms with Gasteiger partial charge in [0.1, 0.15) is 0 Å². The molecule has 6 heteroatoms. The first-order chi connectivity index (χ1) is 10.1. The van der Waals surface area contributed by atoms with Gasteiger partial charge in [-0.05, 0) is 38.8 Å². The number of nitrogens with one attached hydrogen (secondary N) is 2. The van der Waals surface area contributed by atoms with E-state index in [4.69, 9.17) is 4.74 Å². The lowest BCUT2D eigenvalue weighted by Crippen LogP contribution is -2.51. The van der Waals surface area contributed by atoms with E-state index >= 15 is 0 Å². The summed E-state index contributed by atoms with van der Waals surface area (Å²) in [5.74, 6) is 0.663. The van der Waals surface area contributed by atoms with Crippen molar-refractivity contribution in [3.63, 3.8) is 0 Å². The summed E-state index contributed by atoms with van der Waals surface area (Å²) in [7, 11) is 0. The highest BCUT2D eigenvalue weighted by Crippen LogP contribution is 2.30. The maximum absolute atomic E-state index is 11.6. The Bertz CT molecular complexity index is 467. The second-order valence-corrected chi connectivity index (χ2v) is 5.70. The fourth-order valence-corrected chi connectivity index (χ4v) is 2.65. The number of nitrogens with zero attached hydrogens (tertiary/aromatic N) is 2. The third kappa shape index (κ3) is 3.69. The average molecular weight is 292 g/mol. The summed E-state index contributed by atoms with van der Waals surface area (Å²) in [6, 6.07) is 0. The smallest absolute Gasteiger partial charge is 0.341 e. The number of hydrogen-bond donors (Lipinski definition) is 2. The van der Waals surface area contributed by atoms with E-state index in [0.717, 1.165) is 25.9 Å². The Hall–Kier alpha value is -1.69. The summed E-state index contributed by atoms with van der Waals surface area (Å²) in [6.07, 6.45) is 5.10. The number of ether oxygens (including phenoxy) is 1. The standard InChI is InChI=1S/C15H24N4O2/c1-4-21-13(20)12-9-17-14(18-10-12)19-15(11(2)3)5-7-16-8-6-15/h9-11,16H,4-8H2,1-3H3,(H,17,18,19). The number of hydrogen-bond acceptors (Lipinski definition) is 6. The monoisotopic (exact) mass is 292 g/mol. The number of esters is 1. The van der Waals surface area contributed by atoms with E-state index in [1.165, 1.54) is 12.4 Å². The first-order valence-electron chi connectivity index (χ1n) is 7.55. The van der Waals surface area contributed by atoms with Crippen LogP contribution in [0.25, 0.3) is 0 Å². The SMILES string of the molecule is CCOC(=O)c1cnc(NC2(C(C)C)CCNCC2)nc1. The molecule has 0 spiro atoms. The van der Waals surface area contributed by atoms with Crippen LogP contribution in [-0.4, -0.2) is 41.2 Å². The van der Waals surface area contributed by atoms with Crippen molar-refractivity contribution in [3.05, 3.63) is 18.0 Å². The number of anilines is 1. The van der Waals surface area contributed by atoms with Gasteiger partial charge in [-0.1, -0.05) is 13.8 Å². The molecule has 6 nitrogen and oxygen atoms in total. The van der Waals surface area contributed by atoms with Gasteiger partial charge in [0, 0.05) is 17.9 Å². The van der Waals surface area contributed by atoms with Crippen LogP contribution in [0.15, 0.2) is 12.4 Å². The van der Waals surface area contributed by atoms with Crippen LogP contribution in [0.3, 0.4) is 0 Å². The van der Waals surface area contributed by atoms with Gasteiger partial charge in [-0.25, -0.2) is 14.8 Å². The van der Waals surface area contributed by atoms with Crippen molar-refractivity contribution >= 4 is 11.9 Å². The Morgan fingerprint density at radius 2 is 2.00 bits per heavy atom. The summed E-state index contributed by atoms with van der Waals surface area (Å²) in [4.78, 5) is 20.1. The molecule has 2 heterocycles. The van der Waals surface area contributed by atoms with Crippen LogP contribution in [0, 0.1) is 5.92 Å². The zero-order valence-corrected chi connectivity index (χ0v) is 13.0. The van der Waals surface area contributed by atoms with E-state index in [-0.39, 0.29) is 11.5 Å². The molecule has 1 saturated heterocycles. The van der Waals surface area contributed by atoms with Crippen LogP contribution in [0.1, 0.15) is 44.0 Å². The third-order valence-electron chi connectivity index (χ3n) is 4.12. The molecule has 0 radical (unpaired) electrons. The van der Waals surface area contributed by atoms with Crippen LogP contribution in [0.4, 0.5) is 5.95 Å². The van der Waals surface area contributed by atoms with Crippen molar-refractivity contribution in [2.45, 2.75) is 39.2 Å². The minimum absolute atomic E-state index is 0.0106. The number of piperidine rings is 1. The molecule has 1 fully saturated rings. The van der Waals surface area contributed by atoms with Crippen molar-refractivity contribution in [3.8, 4) is 0 Å². The number of rotatable bonds is 5. The normalized spacial score (nSPS) is 17.5. The lowest BCUT2D eigenvalue weighted by atomic mass is 9.78. The summed E-state index contributed by atoms with van der Waals surface area (Å²) >= 11 is 0. The fraction of sp³-hybridized carbons (Fsp3) is 0.667. The predicted molar refractivity (Wildman–Crippen MR) is 81.3 cm³/mol. The molecule has 0 aliphatic carbocycles. The van der Waals surface area contributed by atoms with Crippen molar-refractivity contribution in [1.82, 2.24) is 15.3 Å². The minimum Gasteiger partial charge on any atom is -0.462 e. The first-order valence-corrected chi connectivity index (χ1v) is 7.55. The van der Waals surface area contributed by atoms with Crippen LogP contribution in [0.2, 0.25) is 0 Å². The number of carbonyl (C=O) groups excluding carboxylic acids is 1. The maximum Gasteiger partial charge on any atom is 0.341 e. The highest BCUT2D eigenvalue weighted by Gasteiger charge is 2.35. The van der Waals surface area contributed by atoms with Gasteiger partial charge >= 0.3 is 5.97 Å². The highest BCUT2D eigenvalue weighted by molar-refractivity contribution is 5.88. The van der Waals surface area contributed by atoms with Crippen molar-refractivity contribution < 1.29 is 9.53 Å². The molecule has 0 saturated carbocycles. The second kappa shape index (κ2) is 6.85. The Morgan fingerprint density at radius 3 is 2.52 bits per heavy atom. The molecule has 0 aromatic carbocycles. The third-order valence-corrected chi connectivity index (χ3v) is 4.12. The van der Waals surface area contributed by atoms with E-state index in [2.05, 4.69) is 34.4 Å². The summed E-state index contributed by atoms with van der Waals surface area (Å²) in [6.45, 7) is 8.54. The molecule has 0 atom stereocenters. The van der Waals surface area contributed by atoms with E-state index < -0.39 is 0 Å². The van der Waals surface area contributed by atoms with Gasteiger partial charge in [0.2, 0.25) is 5.95 Å². The Labute approximate surface area is 125 Å². The summed E-state index contributed by atoms with van der Waals surface area (Å²) in [5, 5.41) is 6.85.